The van der Waals surface area contributed by atoms with Crippen molar-refractivity contribution in [2.75, 3.05) is 23.5 Å². The van der Waals surface area contributed by atoms with Crippen LogP contribution in [-0.2, 0) is 9.59 Å². The molecular weight excluding hydrogens is 268 g/mol. The number of nitrogens with one attached hydrogen (secondary N) is 1. The molecule has 1 saturated heterocycles. The maximum Gasteiger partial charge on any atom is 0.335 e. The Morgan fingerprint density at radius 3 is 2.53 bits per heavy atom. The molecule has 0 saturated carbocycles. The molecule has 0 aromatic heterocycles. The van der Waals surface area contributed by atoms with E-state index in [1.807, 2.05) is 0 Å². The number of carboxylic acid groups (broad SMARTS) is 1. The largest absolute Gasteiger partial charge is 0.478 e. The number of thioether (sulfide) groups is 1. The smallest absolute Gasteiger partial charge is 0.335 e. The minimum atomic E-state index is -1.02. The first kappa shape index (κ1) is 13.4. The van der Waals surface area contributed by atoms with Gasteiger partial charge in [0.1, 0.15) is 6.54 Å². The second kappa shape index (κ2) is 5.75. The quantitative estimate of drug-likeness (QED) is 0.854. The minimum Gasteiger partial charge on any atom is -0.478 e. The number of aromatic carboxylic acids is 1. The van der Waals surface area contributed by atoms with Crippen molar-refractivity contribution < 1.29 is 19.5 Å². The molecule has 0 radical (unpaired) electrons. The zero-order chi connectivity index (χ0) is 13.8. The van der Waals surface area contributed by atoms with Gasteiger partial charge in [0.2, 0.25) is 11.8 Å². The van der Waals surface area contributed by atoms with Crippen LogP contribution in [0.2, 0.25) is 0 Å². The summed E-state index contributed by atoms with van der Waals surface area (Å²) in [5, 5.41) is 11.4. The maximum absolute atomic E-state index is 11.7. The molecule has 7 heteroatoms. The highest BCUT2D eigenvalue weighted by Gasteiger charge is 2.22. The number of nitrogens with zero attached hydrogens (tertiary/aromatic N) is 1. The van der Waals surface area contributed by atoms with Crippen molar-refractivity contribution in [2.45, 2.75) is 0 Å². The summed E-state index contributed by atoms with van der Waals surface area (Å²) in [6.07, 6.45) is 0. The minimum absolute atomic E-state index is 0.0204. The fourth-order valence-electron chi connectivity index (χ4n) is 1.61. The summed E-state index contributed by atoms with van der Waals surface area (Å²) in [4.78, 5) is 35.2. The number of hydrogen-bond donors (Lipinski definition) is 2. The zero-order valence-corrected chi connectivity index (χ0v) is 10.8. The van der Waals surface area contributed by atoms with Gasteiger partial charge in [-0.25, -0.2) is 4.79 Å². The van der Waals surface area contributed by atoms with Crippen LogP contribution in [0.25, 0.3) is 0 Å². The molecule has 100 valence electrons. The molecule has 2 amide bonds. The second-order valence-electron chi connectivity index (χ2n) is 4.00. The number of carbonyl (C=O) groups excluding carboxylic acids is 2. The number of anilines is 1. The Labute approximate surface area is 113 Å². The Kier molecular flexibility index (Phi) is 4.06. The van der Waals surface area contributed by atoms with Gasteiger partial charge in [-0.1, -0.05) is 0 Å². The van der Waals surface area contributed by atoms with E-state index >= 15 is 0 Å². The van der Waals surface area contributed by atoms with Gasteiger partial charge in [-0.05, 0) is 24.3 Å². The lowest BCUT2D eigenvalue weighted by atomic mass is 10.2. The van der Waals surface area contributed by atoms with Crippen molar-refractivity contribution in [1.82, 2.24) is 4.90 Å². The van der Waals surface area contributed by atoms with E-state index < -0.39 is 5.97 Å². The van der Waals surface area contributed by atoms with Crippen molar-refractivity contribution in [3.8, 4) is 0 Å². The number of benzene rings is 1. The normalized spacial score (nSPS) is 14.5. The fourth-order valence-corrected chi connectivity index (χ4v) is 2.51. The average molecular weight is 280 g/mol. The Balaban J connectivity index is 1.91. The third-order valence-corrected chi connectivity index (χ3v) is 3.52. The van der Waals surface area contributed by atoms with Crippen molar-refractivity contribution in [2.24, 2.45) is 0 Å². The predicted octanol–water partition coefficient (Wildman–Crippen LogP) is 0.856. The van der Waals surface area contributed by atoms with Crippen LogP contribution in [0.15, 0.2) is 24.3 Å². The molecule has 1 aliphatic rings. The van der Waals surface area contributed by atoms with Crippen molar-refractivity contribution in [1.29, 1.82) is 0 Å². The number of hydrogen-bond acceptors (Lipinski definition) is 4. The van der Waals surface area contributed by atoms with E-state index in [0.29, 0.717) is 17.3 Å². The van der Waals surface area contributed by atoms with Crippen LogP contribution in [0.4, 0.5) is 5.69 Å². The van der Waals surface area contributed by atoms with Crippen LogP contribution >= 0.6 is 11.8 Å². The summed E-state index contributed by atoms with van der Waals surface area (Å²) in [5.41, 5.74) is 0.665. The third kappa shape index (κ3) is 3.47. The molecule has 6 nitrogen and oxygen atoms in total. The highest BCUT2D eigenvalue weighted by atomic mass is 32.2. The number of carbonyl (C=O) groups is 3. The van der Waals surface area contributed by atoms with Gasteiger partial charge in [0.25, 0.3) is 0 Å². The lowest BCUT2D eigenvalue weighted by Crippen LogP contribution is -2.34. The van der Waals surface area contributed by atoms with Gasteiger partial charge in [-0.3, -0.25) is 9.59 Å². The van der Waals surface area contributed by atoms with Gasteiger partial charge < -0.3 is 15.3 Å². The van der Waals surface area contributed by atoms with Crippen LogP contribution in [0.3, 0.4) is 0 Å². The second-order valence-corrected chi connectivity index (χ2v) is 4.96. The van der Waals surface area contributed by atoms with Crippen LogP contribution in [0.1, 0.15) is 10.4 Å². The molecule has 1 aromatic rings. The van der Waals surface area contributed by atoms with Gasteiger partial charge in [0.15, 0.2) is 0 Å². The molecule has 0 bridgehead atoms. The molecular formula is C12H12N2O4S. The van der Waals surface area contributed by atoms with Gasteiger partial charge in [-0.2, -0.15) is 0 Å². The van der Waals surface area contributed by atoms with Crippen LogP contribution in [0, 0.1) is 0 Å². The lowest BCUT2D eigenvalue weighted by molar-refractivity contribution is -0.130. The van der Waals surface area contributed by atoms with Gasteiger partial charge in [0.05, 0.1) is 17.2 Å². The molecule has 1 heterocycles. The summed E-state index contributed by atoms with van der Waals surface area (Å²) in [7, 11) is 0. The maximum atomic E-state index is 11.7. The summed E-state index contributed by atoms with van der Waals surface area (Å²) in [6.45, 7) is 0.0204. The first-order valence-corrected chi connectivity index (χ1v) is 6.70. The fraction of sp³-hybridized carbons (Fsp3) is 0.250. The molecule has 1 fully saturated rings. The van der Waals surface area contributed by atoms with E-state index in [2.05, 4.69) is 5.32 Å². The molecule has 0 aliphatic carbocycles. The van der Waals surface area contributed by atoms with E-state index in [4.69, 9.17) is 5.11 Å². The van der Waals surface area contributed by atoms with Gasteiger partial charge in [0, 0.05) is 5.69 Å². The van der Waals surface area contributed by atoms with Crippen molar-refractivity contribution in [3.63, 3.8) is 0 Å². The Hall–Kier alpha value is -2.02. The molecule has 0 spiro atoms. The van der Waals surface area contributed by atoms with E-state index in [1.165, 1.54) is 40.9 Å². The Morgan fingerprint density at radius 1 is 1.32 bits per heavy atom. The summed E-state index contributed by atoms with van der Waals surface area (Å²) < 4.78 is 0. The molecule has 0 unspecified atom stereocenters. The lowest BCUT2D eigenvalue weighted by Gasteiger charge is -2.14. The van der Waals surface area contributed by atoms with Crippen LogP contribution in [0.5, 0.6) is 0 Å². The summed E-state index contributed by atoms with van der Waals surface area (Å²) in [6, 6.07) is 5.85. The Morgan fingerprint density at radius 2 is 2.00 bits per heavy atom. The van der Waals surface area contributed by atoms with Gasteiger partial charge in [-0.15, -0.1) is 11.8 Å². The molecule has 2 rings (SSSR count). The monoisotopic (exact) mass is 280 g/mol. The van der Waals surface area contributed by atoms with Crippen LogP contribution < -0.4 is 5.32 Å². The molecule has 1 aliphatic heterocycles. The van der Waals surface area contributed by atoms with E-state index in [0.717, 1.165) is 0 Å². The molecule has 19 heavy (non-hydrogen) atoms. The summed E-state index contributed by atoms with van der Waals surface area (Å²) >= 11 is 1.47. The highest BCUT2D eigenvalue weighted by Crippen LogP contribution is 2.15. The zero-order valence-electron chi connectivity index (χ0n) is 9.96. The van der Waals surface area contributed by atoms with Gasteiger partial charge >= 0.3 is 5.97 Å². The third-order valence-electron chi connectivity index (χ3n) is 2.58. The predicted molar refractivity (Wildman–Crippen MR) is 71.1 cm³/mol. The van der Waals surface area contributed by atoms with E-state index in [1.54, 1.807) is 0 Å². The van der Waals surface area contributed by atoms with Crippen LogP contribution in [-0.4, -0.2) is 46.0 Å². The van der Waals surface area contributed by atoms with Crippen molar-refractivity contribution >= 4 is 35.2 Å². The standard InChI is InChI=1S/C12H12N2O4S/c15-10(5-14-7-19-6-11(14)16)13-9-3-1-8(2-4-9)12(17)18/h1-4H,5-7H2,(H,13,15)(H,17,18). The number of carboxylic acids is 1. The first-order chi connectivity index (χ1) is 9.06. The van der Waals surface area contributed by atoms with E-state index in [-0.39, 0.29) is 23.9 Å². The number of amides is 2. The first-order valence-electron chi connectivity index (χ1n) is 5.55. The molecule has 0 atom stereocenters. The molecule has 2 N–H and O–H groups in total. The Bertz CT molecular complexity index is 515. The topological polar surface area (TPSA) is 86.7 Å². The summed E-state index contributed by atoms with van der Waals surface area (Å²) in [5.74, 6) is -0.400. The highest BCUT2D eigenvalue weighted by molar-refractivity contribution is 8.00. The average Bonchev–Trinajstić information content (AvgIpc) is 2.75. The van der Waals surface area contributed by atoms with Crippen molar-refractivity contribution in [3.05, 3.63) is 29.8 Å². The van der Waals surface area contributed by atoms with E-state index in [9.17, 15) is 14.4 Å². The molecule has 1 aromatic carbocycles. The SMILES string of the molecule is O=C(CN1CSCC1=O)Nc1ccc(C(=O)O)cc1. The number of rotatable bonds is 4.